The number of rotatable bonds is 9. The Hall–Kier alpha value is -3.34. The Labute approximate surface area is 203 Å². The quantitative estimate of drug-likeness (QED) is 0.431. The van der Waals surface area contributed by atoms with Crippen LogP contribution in [0.25, 0.3) is 0 Å². The molecule has 3 rings (SSSR count). The molecule has 0 radical (unpaired) electrons. The van der Waals surface area contributed by atoms with Gasteiger partial charge in [-0.25, -0.2) is 17.2 Å². The number of halogens is 2. The monoisotopic (exact) mass is 505 g/mol. The van der Waals surface area contributed by atoms with Crippen molar-refractivity contribution in [3.63, 3.8) is 0 Å². The van der Waals surface area contributed by atoms with Crippen LogP contribution in [0.2, 0.25) is 0 Å². The molecule has 1 unspecified atom stereocenters. The van der Waals surface area contributed by atoms with Crippen LogP contribution in [0, 0.1) is 11.6 Å². The summed E-state index contributed by atoms with van der Waals surface area (Å²) in [6.45, 7) is 2.36. The maximum absolute atomic E-state index is 13.6. The third-order valence-corrected chi connectivity index (χ3v) is 4.73. The summed E-state index contributed by atoms with van der Waals surface area (Å²) in [5.74, 6) is -0.413. The van der Waals surface area contributed by atoms with Gasteiger partial charge in [0.05, 0.1) is 16.2 Å². The lowest BCUT2D eigenvalue weighted by atomic mass is 10.0. The number of carbonyl (C=O) groups is 1. The Kier molecular flexibility index (Phi) is 10.3. The highest BCUT2D eigenvalue weighted by atomic mass is 32.2. The molecule has 0 spiro atoms. The van der Waals surface area contributed by atoms with Crippen LogP contribution in [-0.2, 0) is 34.5 Å². The number of amides is 1. The lowest BCUT2D eigenvalue weighted by Gasteiger charge is -2.15. The average molecular weight is 506 g/mol. The number of nitrogens with two attached hydrogens (primary N) is 1. The first kappa shape index (κ1) is 27.9. The second-order valence-corrected chi connectivity index (χ2v) is 9.28. The van der Waals surface area contributed by atoms with E-state index in [4.69, 9.17) is 23.4 Å². The molecule has 188 valence electrons. The van der Waals surface area contributed by atoms with Gasteiger partial charge < -0.3 is 20.3 Å². The molecule has 0 saturated heterocycles. The summed E-state index contributed by atoms with van der Waals surface area (Å²) in [5, 5.41) is 3.07. The van der Waals surface area contributed by atoms with Crippen LogP contribution in [-0.4, -0.2) is 31.2 Å². The van der Waals surface area contributed by atoms with Crippen LogP contribution in [0.5, 0.6) is 5.75 Å². The third-order valence-electron chi connectivity index (χ3n) is 4.73. The van der Waals surface area contributed by atoms with Gasteiger partial charge in [0.1, 0.15) is 24.0 Å². The molecule has 3 aromatic rings. The van der Waals surface area contributed by atoms with Gasteiger partial charge in [-0.1, -0.05) is 36.4 Å². The fourth-order valence-electron chi connectivity index (χ4n) is 3.05. The van der Waals surface area contributed by atoms with Gasteiger partial charge in [-0.15, -0.1) is 0 Å². The Bertz CT molecular complexity index is 1240. The Morgan fingerprint density at radius 3 is 2.14 bits per heavy atom. The van der Waals surface area contributed by atoms with E-state index in [0.29, 0.717) is 30.5 Å². The summed E-state index contributed by atoms with van der Waals surface area (Å²) in [7, 11) is -3.92. The largest absolute Gasteiger partial charge is 0.748 e. The molecule has 1 atom stereocenters. The van der Waals surface area contributed by atoms with E-state index in [-0.39, 0.29) is 18.2 Å². The maximum Gasteiger partial charge on any atom is 0.234 e. The highest BCUT2D eigenvalue weighted by Gasteiger charge is 2.11. The van der Waals surface area contributed by atoms with Crippen molar-refractivity contribution in [2.75, 3.05) is 6.26 Å². The SMILES string of the molecule is CC(NCc1ccc(OCc2cccc(F)c2)c(Cc2cccc(F)c2)c1)C(N)=O.CS(=O)(=O)[O-]. The van der Waals surface area contributed by atoms with Gasteiger partial charge >= 0.3 is 0 Å². The molecular weight excluding hydrogens is 478 g/mol. The van der Waals surface area contributed by atoms with Crippen molar-refractivity contribution < 1.29 is 31.3 Å². The van der Waals surface area contributed by atoms with Crippen LogP contribution in [0.4, 0.5) is 8.78 Å². The maximum atomic E-state index is 13.6. The first-order valence-electron chi connectivity index (χ1n) is 10.6. The van der Waals surface area contributed by atoms with Crippen molar-refractivity contribution in [1.82, 2.24) is 5.32 Å². The van der Waals surface area contributed by atoms with Crippen molar-refractivity contribution in [2.45, 2.75) is 32.5 Å². The number of hydrogen-bond donors (Lipinski definition) is 2. The molecule has 0 heterocycles. The summed E-state index contributed by atoms with van der Waals surface area (Å²) >= 11 is 0. The second-order valence-electron chi connectivity index (χ2n) is 7.88. The molecule has 0 bridgehead atoms. The average Bonchev–Trinajstić information content (AvgIpc) is 2.75. The Balaban J connectivity index is 0.000000784. The normalized spacial score (nSPS) is 11.8. The minimum Gasteiger partial charge on any atom is -0.748 e. The molecule has 0 aliphatic heterocycles. The van der Waals surface area contributed by atoms with Gasteiger partial charge in [-0.05, 0) is 59.5 Å². The molecule has 0 aliphatic carbocycles. The lowest BCUT2D eigenvalue weighted by molar-refractivity contribution is -0.119. The number of primary amides is 1. The third kappa shape index (κ3) is 11.1. The van der Waals surface area contributed by atoms with Crippen LogP contribution in [0.3, 0.4) is 0 Å². The van der Waals surface area contributed by atoms with Crippen molar-refractivity contribution in [2.24, 2.45) is 5.73 Å². The molecule has 3 N–H and O–H groups in total. The minimum absolute atomic E-state index is 0.213. The molecular formula is C25H27F2N2O5S-. The molecule has 35 heavy (non-hydrogen) atoms. The predicted molar refractivity (Wildman–Crippen MR) is 127 cm³/mol. The number of ether oxygens (including phenoxy) is 1. The van der Waals surface area contributed by atoms with E-state index >= 15 is 0 Å². The summed E-state index contributed by atoms with van der Waals surface area (Å²) in [6.07, 6.45) is 1.07. The van der Waals surface area contributed by atoms with E-state index in [1.807, 2.05) is 24.3 Å². The fourth-order valence-corrected chi connectivity index (χ4v) is 3.05. The zero-order valence-corrected chi connectivity index (χ0v) is 20.1. The number of nitrogens with one attached hydrogen (secondary N) is 1. The zero-order chi connectivity index (χ0) is 26.0. The minimum atomic E-state index is -3.92. The van der Waals surface area contributed by atoms with Gasteiger partial charge in [0, 0.05) is 19.2 Å². The van der Waals surface area contributed by atoms with Gasteiger partial charge in [-0.3, -0.25) is 4.79 Å². The van der Waals surface area contributed by atoms with E-state index in [0.717, 1.165) is 16.7 Å². The topological polar surface area (TPSA) is 122 Å². The van der Waals surface area contributed by atoms with E-state index in [1.165, 1.54) is 24.3 Å². The molecule has 0 fully saturated rings. The first-order chi connectivity index (χ1) is 16.4. The second kappa shape index (κ2) is 12.9. The van der Waals surface area contributed by atoms with E-state index in [9.17, 15) is 13.6 Å². The summed E-state index contributed by atoms with van der Waals surface area (Å²) in [6, 6.07) is 17.8. The molecule has 10 heteroatoms. The Morgan fingerprint density at radius 1 is 1.00 bits per heavy atom. The molecule has 0 aromatic heterocycles. The molecule has 7 nitrogen and oxygen atoms in total. The highest BCUT2D eigenvalue weighted by Crippen LogP contribution is 2.25. The van der Waals surface area contributed by atoms with Crippen LogP contribution < -0.4 is 15.8 Å². The molecule has 0 saturated carbocycles. The highest BCUT2D eigenvalue weighted by molar-refractivity contribution is 7.84. The van der Waals surface area contributed by atoms with Crippen molar-refractivity contribution in [3.8, 4) is 5.75 Å². The zero-order valence-electron chi connectivity index (χ0n) is 19.3. The van der Waals surface area contributed by atoms with Crippen molar-refractivity contribution in [3.05, 3.63) is 101 Å². The van der Waals surface area contributed by atoms with E-state index < -0.39 is 22.1 Å². The van der Waals surface area contributed by atoms with Crippen LogP contribution >= 0.6 is 0 Å². The van der Waals surface area contributed by atoms with E-state index in [1.54, 1.807) is 25.1 Å². The lowest BCUT2D eigenvalue weighted by Crippen LogP contribution is -2.38. The van der Waals surface area contributed by atoms with Gasteiger partial charge in [-0.2, -0.15) is 0 Å². The summed E-state index contributed by atoms with van der Waals surface area (Å²) in [4.78, 5) is 11.2. The molecule has 0 aliphatic rings. The van der Waals surface area contributed by atoms with Crippen LogP contribution in [0.15, 0.2) is 66.7 Å². The van der Waals surface area contributed by atoms with Crippen molar-refractivity contribution in [1.29, 1.82) is 0 Å². The molecule has 1 amide bonds. The standard InChI is InChI=1S/C24H24F2N2O2.CH4O3S/c1-16(24(27)29)28-14-18-8-9-23(30-15-19-5-3-7-22(26)13-19)20(11-18)10-17-4-2-6-21(25)12-17;1-5(2,3)4/h2-9,11-13,16,28H,10,14-15H2,1H3,(H2,27,29);1H3,(H,2,3,4)/p-1. The van der Waals surface area contributed by atoms with E-state index in [2.05, 4.69) is 5.32 Å². The first-order valence-corrected chi connectivity index (χ1v) is 12.4. The number of hydrogen-bond acceptors (Lipinski definition) is 6. The molecule has 3 aromatic carbocycles. The predicted octanol–water partition coefficient (Wildman–Crippen LogP) is 3.26. The van der Waals surface area contributed by atoms with Gasteiger partial charge in [0.15, 0.2) is 0 Å². The number of benzene rings is 3. The van der Waals surface area contributed by atoms with Gasteiger partial charge in [0.2, 0.25) is 5.91 Å². The summed E-state index contributed by atoms with van der Waals surface area (Å²) < 4.78 is 60.2. The van der Waals surface area contributed by atoms with Crippen LogP contribution in [0.1, 0.15) is 29.2 Å². The Morgan fingerprint density at radius 2 is 1.57 bits per heavy atom. The van der Waals surface area contributed by atoms with Crippen molar-refractivity contribution >= 4 is 16.0 Å². The summed E-state index contributed by atoms with van der Waals surface area (Å²) in [5.41, 5.74) is 8.62. The fraction of sp³-hybridized carbons (Fsp3) is 0.240. The van der Waals surface area contributed by atoms with Gasteiger partial charge in [0.25, 0.3) is 0 Å². The number of carbonyl (C=O) groups excluding carboxylic acids is 1. The smallest absolute Gasteiger partial charge is 0.234 e.